The van der Waals surface area contributed by atoms with E-state index in [-0.39, 0.29) is 54.6 Å². The molecule has 0 spiro atoms. The Hall–Kier alpha value is -1.76. The minimum absolute atomic E-state index is 0. The Bertz CT molecular complexity index is 1000. The molecule has 2 aromatic rings. The van der Waals surface area contributed by atoms with Crippen LogP contribution in [-0.4, -0.2) is 59.9 Å². The van der Waals surface area contributed by atoms with E-state index >= 15 is 0 Å². The monoisotopic (exact) mass is 678 g/mol. The molecule has 47 heavy (non-hydrogen) atoms. The van der Waals surface area contributed by atoms with Crippen LogP contribution < -0.4 is 10.2 Å². The molecule has 6 nitrogen and oxygen atoms in total. The first-order valence-corrected chi connectivity index (χ1v) is 18.4. The van der Waals surface area contributed by atoms with Crippen molar-refractivity contribution in [1.29, 1.82) is 0 Å². The maximum Gasteiger partial charge on any atom is 2.00 e. The smallest absolute Gasteiger partial charge is 0.872 e. The molecule has 2 N–H and O–H groups in total. The van der Waals surface area contributed by atoms with Crippen LogP contribution in [-0.2, 0) is 12.8 Å². The van der Waals surface area contributed by atoms with Crippen LogP contribution in [0.3, 0.4) is 0 Å². The van der Waals surface area contributed by atoms with Crippen molar-refractivity contribution in [2.45, 2.75) is 168 Å². The second-order valence-electron chi connectivity index (χ2n) is 12.8. The number of carbonyl (C=O) groups excluding carboxylic acids is 1. The van der Waals surface area contributed by atoms with E-state index in [4.69, 9.17) is 5.11 Å². The quantitative estimate of drug-likeness (QED) is 0.0755. The number of carboxylic acid groups (broad SMARTS) is 2. The number of aryl methyl sites for hydroxylation is 2. The number of unbranched alkanes of at least 4 members (excludes halogenated alkanes) is 20. The second-order valence-corrected chi connectivity index (χ2v) is 12.8. The number of aromatic hydroxyl groups is 1. The summed E-state index contributed by atoms with van der Waals surface area (Å²) < 4.78 is 0. The van der Waals surface area contributed by atoms with E-state index in [1.54, 1.807) is 18.2 Å². The standard InChI is InChI=1S/2C20H32O3.Ca/c2*1-2-3-4-5-6-7-8-9-10-11-12-13-17-14-15-18(20(22)23)19(21)16-17;/h2*14-16,21H,2-13H2,1H3,(H,22,23);/q;;+2/p-2. The molecular formula is C40H62CaO6. The van der Waals surface area contributed by atoms with Crippen LogP contribution in [0.4, 0.5) is 0 Å². The van der Waals surface area contributed by atoms with Gasteiger partial charge in [-0.2, -0.15) is 0 Å². The van der Waals surface area contributed by atoms with E-state index in [9.17, 15) is 24.9 Å². The van der Waals surface area contributed by atoms with E-state index < -0.39 is 17.7 Å². The number of hydrogen-bond donors (Lipinski definition) is 2. The van der Waals surface area contributed by atoms with Gasteiger partial charge in [-0.3, -0.25) is 0 Å². The molecule has 0 radical (unpaired) electrons. The fourth-order valence-electron chi connectivity index (χ4n) is 5.79. The third-order valence-corrected chi connectivity index (χ3v) is 8.70. The summed E-state index contributed by atoms with van der Waals surface area (Å²) in [5, 5.41) is 40.8. The topological polar surface area (TPSA) is 121 Å². The van der Waals surface area contributed by atoms with Gasteiger partial charge < -0.3 is 25.2 Å². The third-order valence-electron chi connectivity index (χ3n) is 8.70. The SMILES string of the molecule is CCCCCCCCCCCCCc1ccc(C(=O)O)c(O)c1.CCCCCCCCCCCCCc1ccc(C(=O)[O-])c([O-])c1.[Ca+2]. The third kappa shape index (κ3) is 23.3. The van der Waals surface area contributed by atoms with Gasteiger partial charge in [0.25, 0.3) is 0 Å². The minimum Gasteiger partial charge on any atom is -0.872 e. The van der Waals surface area contributed by atoms with Crippen LogP contribution in [0.15, 0.2) is 36.4 Å². The average molecular weight is 679 g/mol. The number of benzene rings is 2. The molecule has 2 aromatic carbocycles. The predicted molar refractivity (Wildman–Crippen MR) is 191 cm³/mol. The molecule has 0 aliphatic heterocycles. The predicted octanol–water partition coefficient (Wildman–Crippen LogP) is 9.54. The van der Waals surface area contributed by atoms with Gasteiger partial charge in [0, 0.05) is 0 Å². The van der Waals surface area contributed by atoms with Crippen molar-refractivity contribution < 1.29 is 30.0 Å². The second kappa shape index (κ2) is 30.3. The molecule has 7 heteroatoms. The van der Waals surface area contributed by atoms with Crippen molar-refractivity contribution >= 4 is 49.7 Å². The van der Waals surface area contributed by atoms with Crippen molar-refractivity contribution in [2.75, 3.05) is 0 Å². The molecule has 0 saturated carbocycles. The van der Waals surface area contributed by atoms with Gasteiger partial charge in [-0.25, -0.2) is 4.79 Å². The fraction of sp³-hybridized carbons (Fsp3) is 0.650. The summed E-state index contributed by atoms with van der Waals surface area (Å²) in [5.74, 6) is -3.04. The molecule has 0 heterocycles. The van der Waals surface area contributed by atoms with Gasteiger partial charge in [-0.1, -0.05) is 172 Å². The van der Waals surface area contributed by atoms with Crippen molar-refractivity contribution in [3.8, 4) is 11.5 Å². The molecule has 0 bridgehead atoms. The largest absolute Gasteiger partial charge is 2.00 e. The van der Waals surface area contributed by atoms with Gasteiger partial charge in [0.15, 0.2) is 0 Å². The van der Waals surface area contributed by atoms with Gasteiger partial charge in [0.05, 0.1) is 5.97 Å². The number of carboxylic acids is 2. The number of hydrogen-bond acceptors (Lipinski definition) is 5. The van der Waals surface area contributed by atoms with Gasteiger partial charge in [-0.15, -0.1) is 0 Å². The average Bonchev–Trinajstić information content (AvgIpc) is 3.02. The Labute approximate surface area is 315 Å². The van der Waals surface area contributed by atoms with E-state index in [1.807, 2.05) is 0 Å². The van der Waals surface area contributed by atoms with Gasteiger partial charge in [-0.05, 0) is 54.5 Å². The van der Waals surface area contributed by atoms with Crippen molar-refractivity contribution in [3.63, 3.8) is 0 Å². The van der Waals surface area contributed by atoms with Gasteiger partial charge in [0.1, 0.15) is 11.3 Å². The molecule has 260 valence electrons. The molecular weight excluding hydrogens is 617 g/mol. The van der Waals surface area contributed by atoms with E-state index in [0.29, 0.717) is 0 Å². The van der Waals surface area contributed by atoms with Crippen molar-refractivity contribution in [3.05, 3.63) is 58.7 Å². The fourth-order valence-corrected chi connectivity index (χ4v) is 5.79. The maximum absolute atomic E-state index is 11.6. The van der Waals surface area contributed by atoms with Crippen molar-refractivity contribution in [2.24, 2.45) is 0 Å². The van der Waals surface area contributed by atoms with Crippen molar-refractivity contribution in [1.82, 2.24) is 0 Å². The van der Waals surface area contributed by atoms with Crippen LogP contribution in [0, 0.1) is 0 Å². The van der Waals surface area contributed by atoms with Crippen LogP contribution in [0.5, 0.6) is 11.5 Å². The number of carbonyl (C=O) groups is 2. The summed E-state index contributed by atoms with van der Waals surface area (Å²) in [6.45, 7) is 4.50. The summed E-state index contributed by atoms with van der Waals surface area (Å²) in [7, 11) is 0. The zero-order chi connectivity index (χ0) is 33.8. The van der Waals surface area contributed by atoms with Gasteiger partial charge >= 0.3 is 43.7 Å². The van der Waals surface area contributed by atoms with Crippen LogP contribution >= 0.6 is 0 Å². The molecule has 0 unspecified atom stereocenters. The number of rotatable bonds is 26. The minimum atomic E-state index is -1.39. The van der Waals surface area contributed by atoms with E-state index in [1.165, 1.54) is 147 Å². The normalized spacial score (nSPS) is 10.6. The molecule has 0 aliphatic carbocycles. The first kappa shape index (κ1) is 45.2. The Morgan fingerprint density at radius 2 is 0.894 bits per heavy atom. The molecule has 0 aliphatic rings. The summed E-state index contributed by atoms with van der Waals surface area (Å²) in [6.07, 6.45) is 30.5. The number of aromatic carboxylic acids is 2. The molecule has 0 fully saturated rings. The zero-order valence-corrected chi connectivity index (χ0v) is 31.9. The van der Waals surface area contributed by atoms with Crippen LogP contribution in [0.1, 0.15) is 187 Å². The Kier molecular flexibility index (Phi) is 29.2. The molecule has 0 aromatic heterocycles. The Morgan fingerprint density at radius 3 is 1.21 bits per heavy atom. The molecule has 0 amide bonds. The summed E-state index contributed by atoms with van der Waals surface area (Å²) in [4.78, 5) is 21.5. The summed E-state index contributed by atoms with van der Waals surface area (Å²) >= 11 is 0. The maximum atomic E-state index is 11.6. The summed E-state index contributed by atoms with van der Waals surface area (Å²) in [5.41, 5.74) is 1.68. The Morgan fingerprint density at radius 1 is 0.553 bits per heavy atom. The first-order valence-electron chi connectivity index (χ1n) is 18.4. The van der Waals surface area contributed by atoms with Gasteiger partial charge in [0.2, 0.25) is 0 Å². The first-order chi connectivity index (χ1) is 22.3. The molecule has 2 rings (SSSR count). The van der Waals surface area contributed by atoms with Crippen LogP contribution in [0.25, 0.3) is 0 Å². The number of phenols is 1. The zero-order valence-electron chi connectivity index (χ0n) is 29.7. The Balaban J connectivity index is 0.000000882. The molecule has 0 saturated heterocycles. The van der Waals surface area contributed by atoms with Crippen LogP contribution in [0.2, 0.25) is 0 Å². The molecule has 0 atom stereocenters. The van der Waals surface area contributed by atoms with E-state index in [2.05, 4.69) is 13.8 Å². The summed E-state index contributed by atoms with van der Waals surface area (Å²) in [6, 6.07) is 9.40. The van der Waals surface area contributed by atoms with E-state index in [0.717, 1.165) is 36.8 Å².